The molecule has 2 N–H and O–H groups in total. The molecular formula is C21H21ClN4O. The van der Waals surface area contributed by atoms with E-state index in [0.29, 0.717) is 36.0 Å². The van der Waals surface area contributed by atoms with Crippen LogP contribution in [0.5, 0.6) is 0 Å². The van der Waals surface area contributed by atoms with Gasteiger partial charge >= 0.3 is 0 Å². The first-order valence-electron chi connectivity index (χ1n) is 8.76. The van der Waals surface area contributed by atoms with Gasteiger partial charge in [0.2, 0.25) is 0 Å². The van der Waals surface area contributed by atoms with E-state index in [4.69, 9.17) is 11.6 Å². The maximum atomic E-state index is 12.2. The van der Waals surface area contributed by atoms with Crippen molar-refractivity contribution in [3.8, 4) is 0 Å². The predicted molar refractivity (Wildman–Crippen MR) is 108 cm³/mol. The zero-order valence-electron chi connectivity index (χ0n) is 15.1. The van der Waals surface area contributed by atoms with E-state index in [2.05, 4.69) is 46.0 Å². The molecule has 0 fully saturated rings. The highest BCUT2D eigenvalue weighted by atomic mass is 35.5. The molecule has 2 aromatic carbocycles. The van der Waals surface area contributed by atoms with Crippen LogP contribution in [0.2, 0.25) is 5.02 Å². The second-order valence-corrected chi connectivity index (χ2v) is 6.72. The highest BCUT2D eigenvalue weighted by Crippen LogP contribution is 2.11. The molecule has 3 aromatic rings. The van der Waals surface area contributed by atoms with E-state index >= 15 is 0 Å². The van der Waals surface area contributed by atoms with Gasteiger partial charge in [-0.3, -0.25) is 4.79 Å². The van der Waals surface area contributed by atoms with Crippen molar-refractivity contribution in [2.75, 3.05) is 11.9 Å². The highest BCUT2D eigenvalue weighted by Gasteiger charge is 2.08. The van der Waals surface area contributed by atoms with Gasteiger partial charge in [0, 0.05) is 18.1 Å². The summed E-state index contributed by atoms with van der Waals surface area (Å²) in [5.41, 5.74) is 3.75. The molecule has 0 saturated carbocycles. The van der Waals surface area contributed by atoms with Crippen molar-refractivity contribution in [2.45, 2.75) is 19.9 Å². The number of aryl methyl sites for hydroxylation is 1. The third-order valence-electron chi connectivity index (χ3n) is 4.04. The largest absolute Gasteiger partial charge is 0.365 e. The van der Waals surface area contributed by atoms with E-state index in [9.17, 15) is 4.79 Å². The zero-order valence-corrected chi connectivity index (χ0v) is 15.8. The van der Waals surface area contributed by atoms with Crippen LogP contribution < -0.4 is 10.6 Å². The minimum Gasteiger partial charge on any atom is -0.365 e. The number of benzene rings is 2. The number of hydrogen-bond acceptors (Lipinski definition) is 4. The molecule has 5 nitrogen and oxygen atoms in total. The van der Waals surface area contributed by atoms with Crippen LogP contribution in [-0.2, 0) is 13.0 Å². The lowest BCUT2D eigenvalue weighted by atomic mass is 10.1. The lowest BCUT2D eigenvalue weighted by Crippen LogP contribution is -2.26. The molecule has 0 spiro atoms. The molecule has 1 aromatic heterocycles. The Kier molecular flexibility index (Phi) is 6.39. The van der Waals surface area contributed by atoms with Crippen molar-refractivity contribution in [1.82, 2.24) is 15.5 Å². The van der Waals surface area contributed by atoms with Gasteiger partial charge in [-0.05, 0) is 48.7 Å². The average Bonchev–Trinajstić information content (AvgIpc) is 2.67. The molecular weight excluding hydrogens is 360 g/mol. The summed E-state index contributed by atoms with van der Waals surface area (Å²) in [5, 5.41) is 14.8. The van der Waals surface area contributed by atoms with Crippen LogP contribution in [0, 0.1) is 6.92 Å². The maximum absolute atomic E-state index is 12.2. The number of anilines is 1. The number of aromatic nitrogens is 2. The molecule has 3 rings (SSSR count). The summed E-state index contributed by atoms with van der Waals surface area (Å²) < 4.78 is 0. The predicted octanol–water partition coefficient (Wildman–Crippen LogP) is 4.02. The van der Waals surface area contributed by atoms with Crippen LogP contribution in [0.3, 0.4) is 0 Å². The Morgan fingerprint density at radius 1 is 1.00 bits per heavy atom. The van der Waals surface area contributed by atoms with Crippen molar-refractivity contribution >= 4 is 23.3 Å². The van der Waals surface area contributed by atoms with Crippen molar-refractivity contribution in [3.63, 3.8) is 0 Å². The number of nitrogens with one attached hydrogen (secondary N) is 2. The smallest absolute Gasteiger partial charge is 0.271 e. The van der Waals surface area contributed by atoms with Gasteiger partial charge in [-0.2, -0.15) is 0 Å². The number of amides is 1. The molecule has 0 aliphatic heterocycles. The summed E-state index contributed by atoms with van der Waals surface area (Å²) in [5.74, 6) is 0.391. The first-order valence-corrected chi connectivity index (χ1v) is 9.14. The first kappa shape index (κ1) is 18.9. The van der Waals surface area contributed by atoms with Gasteiger partial charge in [-0.25, -0.2) is 0 Å². The van der Waals surface area contributed by atoms with Crippen molar-refractivity contribution < 1.29 is 4.79 Å². The highest BCUT2D eigenvalue weighted by molar-refractivity contribution is 6.30. The van der Waals surface area contributed by atoms with E-state index in [-0.39, 0.29) is 5.91 Å². The Balaban J connectivity index is 1.48. The van der Waals surface area contributed by atoms with Gasteiger partial charge in [-0.1, -0.05) is 53.6 Å². The summed E-state index contributed by atoms with van der Waals surface area (Å²) in [6, 6.07) is 19.3. The Morgan fingerprint density at radius 3 is 2.56 bits per heavy atom. The fourth-order valence-electron chi connectivity index (χ4n) is 2.67. The molecule has 0 bridgehead atoms. The fourth-order valence-corrected chi connectivity index (χ4v) is 2.88. The zero-order chi connectivity index (χ0) is 19.1. The molecule has 1 heterocycles. The van der Waals surface area contributed by atoms with Gasteiger partial charge in [0.1, 0.15) is 5.82 Å². The summed E-state index contributed by atoms with van der Waals surface area (Å²) in [7, 11) is 0. The van der Waals surface area contributed by atoms with Crippen LogP contribution in [0.1, 0.15) is 27.2 Å². The molecule has 138 valence electrons. The van der Waals surface area contributed by atoms with Gasteiger partial charge < -0.3 is 10.6 Å². The Bertz CT molecular complexity index is 912. The van der Waals surface area contributed by atoms with Gasteiger partial charge in [0.15, 0.2) is 5.69 Å². The Labute approximate surface area is 163 Å². The number of nitrogens with zero attached hydrogens (tertiary/aromatic N) is 2. The summed E-state index contributed by atoms with van der Waals surface area (Å²) in [4.78, 5) is 12.2. The maximum Gasteiger partial charge on any atom is 0.271 e. The number of carbonyl (C=O) groups excluding carboxylic acids is 1. The second kappa shape index (κ2) is 9.14. The quantitative estimate of drug-likeness (QED) is 0.649. The molecule has 0 aliphatic carbocycles. The molecule has 0 aliphatic rings. The minimum absolute atomic E-state index is 0.241. The summed E-state index contributed by atoms with van der Waals surface area (Å²) in [6.07, 6.45) is 0.704. The Morgan fingerprint density at radius 2 is 1.81 bits per heavy atom. The molecule has 27 heavy (non-hydrogen) atoms. The standard InChI is InChI=1S/C21H21ClN4O/c1-15-4-2-6-17(12-15)14-24-20-9-8-19(25-26-20)21(27)23-11-10-16-5-3-7-18(22)13-16/h2-9,12-13H,10-11,14H2,1H3,(H,23,27)(H,24,26). The summed E-state index contributed by atoms with van der Waals surface area (Å²) >= 11 is 5.96. The lowest BCUT2D eigenvalue weighted by molar-refractivity contribution is 0.0948. The van der Waals surface area contributed by atoms with Crippen LogP contribution in [0.4, 0.5) is 5.82 Å². The van der Waals surface area contributed by atoms with Crippen LogP contribution in [-0.4, -0.2) is 22.6 Å². The molecule has 0 unspecified atom stereocenters. The number of carbonyl (C=O) groups is 1. The van der Waals surface area contributed by atoms with Crippen molar-refractivity contribution in [1.29, 1.82) is 0 Å². The number of hydrogen-bond donors (Lipinski definition) is 2. The second-order valence-electron chi connectivity index (χ2n) is 6.28. The molecule has 0 saturated heterocycles. The average molecular weight is 381 g/mol. The van der Waals surface area contributed by atoms with E-state index in [0.717, 1.165) is 5.56 Å². The van der Waals surface area contributed by atoms with Gasteiger partial charge in [-0.15, -0.1) is 10.2 Å². The molecule has 0 radical (unpaired) electrons. The minimum atomic E-state index is -0.241. The third kappa shape index (κ3) is 5.79. The van der Waals surface area contributed by atoms with E-state index in [1.165, 1.54) is 11.1 Å². The van der Waals surface area contributed by atoms with Crippen LogP contribution in [0.25, 0.3) is 0 Å². The summed E-state index contributed by atoms with van der Waals surface area (Å²) in [6.45, 7) is 3.22. The fraction of sp³-hybridized carbons (Fsp3) is 0.190. The normalized spacial score (nSPS) is 10.4. The van der Waals surface area contributed by atoms with E-state index in [1.807, 2.05) is 30.3 Å². The van der Waals surface area contributed by atoms with E-state index < -0.39 is 0 Å². The van der Waals surface area contributed by atoms with Gasteiger partial charge in [0.25, 0.3) is 5.91 Å². The van der Waals surface area contributed by atoms with Crippen LogP contribution in [0.15, 0.2) is 60.7 Å². The SMILES string of the molecule is Cc1cccc(CNc2ccc(C(=O)NCCc3cccc(Cl)c3)nn2)c1. The van der Waals surface area contributed by atoms with E-state index in [1.54, 1.807) is 12.1 Å². The monoisotopic (exact) mass is 380 g/mol. The topological polar surface area (TPSA) is 66.9 Å². The molecule has 1 amide bonds. The van der Waals surface area contributed by atoms with Crippen molar-refractivity contribution in [3.05, 3.63) is 88.1 Å². The number of halogens is 1. The van der Waals surface area contributed by atoms with Crippen LogP contribution >= 0.6 is 11.6 Å². The number of rotatable bonds is 7. The molecule has 6 heteroatoms. The van der Waals surface area contributed by atoms with Gasteiger partial charge in [0.05, 0.1) is 0 Å². The lowest BCUT2D eigenvalue weighted by Gasteiger charge is -2.07. The Hall–Kier alpha value is -2.92. The first-order chi connectivity index (χ1) is 13.1. The third-order valence-corrected chi connectivity index (χ3v) is 4.28. The van der Waals surface area contributed by atoms with Crippen molar-refractivity contribution in [2.24, 2.45) is 0 Å². The molecule has 0 atom stereocenters.